The Hall–Kier alpha value is -2.31. The summed E-state index contributed by atoms with van der Waals surface area (Å²) in [7, 11) is -1.32. The van der Waals surface area contributed by atoms with Crippen molar-refractivity contribution in [3.63, 3.8) is 0 Å². The molecule has 190 valence electrons. The summed E-state index contributed by atoms with van der Waals surface area (Å²) in [6.07, 6.45) is 6.01. The summed E-state index contributed by atoms with van der Waals surface area (Å²) >= 11 is 0. The van der Waals surface area contributed by atoms with Crippen molar-refractivity contribution < 1.29 is 23.3 Å². The summed E-state index contributed by atoms with van der Waals surface area (Å²) < 4.78 is 31.6. The van der Waals surface area contributed by atoms with Crippen molar-refractivity contribution in [2.24, 2.45) is 0 Å². The van der Waals surface area contributed by atoms with Gasteiger partial charge in [-0.2, -0.15) is 0 Å². The molecule has 2 aromatic rings. The Balaban J connectivity index is 1.71. The predicted octanol–water partition coefficient (Wildman–Crippen LogP) is 6.60. The first-order chi connectivity index (χ1) is 16.8. The molecule has 2 fully saturated rings. The Morgan fingerprint density at radius 1 is 0.694 bits per heavy atom. The van der Waals surface area contributed by atoms with Crippen LogP contribution in [0.1, 0.15) is 72.3 Å². The number of allylic oxidation sites excluding steroid dienone is 2. The zero-order valence-corrected chi connectivity index (χ0v) is 22.8. The van der Waals surface area contributed by atoms with E-state index in [1.165, 1.54) is 0 Å². The summed E-state index contributed by atoms with van der Waals surface area (Å²) in [4.78, 5) is 0. The second-order valence-corrected chi connectivity index (χ2v) is 11.5. The molecule has 5 nitrogen and oxygen atoms in total. The van der Waals surface area contributed by atoms with Crippen LogP contribution in [0.15, 0.2) is 78.6 Å². The average molecular weight is 488 g/mol. The molecule has 1 atom stereocenters. The van der Waals surface area contributed by atoms with Crippen molar-refractivity contribution in [1.29, 1.82) is 0 Å². The van der Waals surface area contributed by atoms with Crippen LogP contribution in [0, 0.1) is 0 Å². The highest BCUT2D eigenvalue weighted by atomic mass is 16.8. The minimum atomic E-state index is -0.837. The molecule has 36 heavy (non-hydrogen) atoms. The topological polar surface area (TPSA) is 46.2 Å². The summed E-state index contributed by atoms with van der Waals surface area (Å²) in [5.74, 6) is 0.394. The predicted molar refractivity (Wildman–Crippen MR) is 146 cm³/mol. The number of benzene rings is 2. The van der Waals surface area contributed by atoms with Crippen LogP contribution in [0.2, 0.25) is 0 Å². The standard InChI is InChI=1S/C29H38B2O5/c1-26(2)27(3,4)34-30(33-26)25(23-17-13-10-14-18-23)21-24(20-19-22-15-11-9-12-16-22)32-31-35-28(5,6)29(7,8)36-31/h9-21,25H,1-8H3/b20-19+,24-21-. The first-order valence-corrected chi connectivity index (χ1v) is 12.7. The monoisotopic (exact) mass is 488 g/mol. The van der Waals surface area contributed by atoms with E-state index in [0.29, 0.717) is 5.76 Å². The summed E-state index contributed by atoms with van der Waals surface area (Å²) in [6, 6.07) is 20.3. The summed E-state index contributed by atoms with van der Waals surface area (Å²) in [5.41, 5.74) is 0.218. The maximum absolute atomic E-state index is 6.47. The third kappa shape index (κ3) is 5.65. The highest BCUT2D eigenvalue weighted by Gasteiger charge is 2.55. The van der Waals surface area contributed by atoms with E-state index in [9.17, 15) is 0 Å². The molecule has 0 N–H and O–H groups in total. The zero-order valence-electron chi connectivity index (χ0n) is 22.8. The molecule has 0 bridgehead atoms. The number of hydrogen-bond acceptors (Lipinski definition) is 5. The van der Waals surface area contributed by atoms with E-state index in [-0.39, 0.29) is 5.82 Å². The second kappa shape index (κ2) is 9.86. The van der Waals surface area contributed by atoms with Crippen LogP contribution in [-0.4, -0.2) is 36.8 Å². The quantitative estimate of drug-likeness (QED) is 0.250. The first-order valence-electron chi connectivity index (χ1n) is 12.7. The molecule has 0 spiro atoms. The van der Waals surface area contributed by atoms with Crippen LogP contribution in [-0.2, 0) is 23.3 Å². The molecular weight excluding hydrogens is 450 g/mol. The molecule has 4 rings (SSSR count). The molecule has 2 aliphatic heterocycles. The van der Waals surface area contributed by atoms with Gasteiger partial charge in [-0.25, -0.2) is 0 Å². The van der Waals surface area contributed by atoms with Crippen molar-refractivity contribution >= 4 is 20.5 Å². The molecule has 0 amide bonds. The van der Waals surface area contributed by atoms with Crippen molar-refractivity contribution in [2.45, 2.75) is 83.6 Å². The van der Waals surface area contributed by atoms with Crippen molar-refractivity contribution in [1.82, 2.24) is 0 Å². The fourth-order valence-electron chi connectivity index (χ4n) is 4.04. The molecule has 2 heterocycles. The van der Waals surface area contributed by atoms with Gasteiger partial charge in [-0.15, -0.1) is 0 Å². The van der Waals surface area contributed by atoms with E-state index >= 15 is 0 Å². The van der Waals surface area contributed by atoms with Crippen LogP contribution in [0.4, 0.5) is 0 Å². The van der Waals surface area contributed by atoms with Gasteiger partial charge in [0, 0.05) is 5.82 Å². The largest absolute Gasteiger partial charge is 0.714 e. The van der Waals surface area contributed by atoms with E-state index < -0.39 is 36.8 Å². The van der Waals surface area contributed by atoms with Gasteiger partial charge in [0.2, 0.25) is 0 Å². The average Bonchev–Trinajstić information content (AvgIpc) is 3.15. The Morgan fingerprint density at radius 2 is 1.17 bits per heavy atom. The van der Waals surface area contributed by atoms with E-state index in [2.05, 4.69) is 39.8 Å². The third-order valence-corrected chi connectivity index (χ3v) is 7.80. The van der Waals surface area contributed by atoms with Crippen LogP contribution < -0.4 is 0 Å². The van der Waals surface area contributed by atoms with Gasteiger partial charge in [-0.05, 0) is 78.7 Å². The van der Waals surface area contributed by atoms with Gasteiger partial charge in [-0.1, -0.05) is 66.7 Å². The van der Waals surface area contributed by atoms with E-state index in [1.807, 2.05) is 94.5 Å². The molecule has 2 aromatic carbocycles. The molecule has 0 radical (unpaired) electrons. The molecule has 0 aromatic heterocycles. The first kappa shape index (κ1) is 26.7. The van der Waals surface area contributed by atoms with Crippen LogP contribution in [0.25, 0.3) is 6.08 Å². The lowest BCUT2D eigenvalue weighted by Crippen LogP contribution is -2.41. The minimum absolute atomic E-state index is 0.218. The fourth-order valence-corrected chi connectivity index (χ4v) is 4.04. The highest BCUT2D eigenvalue weighted by molar-refractivity contribution is 6.48. The number of hydrogen-bond donors (Lipinski definition) is 0. The fraction of sp³-hybridized carbons (Fsp3) is 0.448. The van der Waals surface area contributed by atoms with Gasteiger partial charge in [0.25, 0.3) is 0 Å². The van der Waals surface area contributed by atoms with Crippen LogP contribution >= 0.6 is 0 Å². The second-order valence-electron chi connectivity index (χ2n) is 11.5. The number of rotatable bonds is 7. The van der Waals surface area contributed by atoms with Gasteiger partial charge in [0.15, 0.2) is 0 Å². The molecule has 1 unspecified atom stereocenters. The van der Waals surface area contributed by atoms with Gasteiger partial charge in [0.05, 0.1) is 28.2 Å². The maximum atomic E-state index is 6.47. The molecule has 2 saturated heterocycles. The van der Waals surface area contributed by atoms with Gasteiger partial charge in [-0.3, -0.25) is 0 Å². The molecule has 0 aliphatic carbocycles. The minimum Gasteiger partial charge on any atom is -0.512 e. The lowest BCUT2D eigenvalue weighted by Gasteiger charge is -2.32. The van der Waals surface area contributed by atoms with Crippen molar-refractivity contribution in [2.75, 3.05) is 0 Å². The lowest BCUT2D eigenvalue weighted by atomic mass is 9.67. The van der Waals surface area contributed by atoms with Gasteiger partial charge in [0.1, 0.15) is 0 Å². The third-order valence-electron chi connectivity index (χ3n) is 7.80. The van der Waals surface area contributed by atoms with Crippen LogP contribution in [0.3, 0.4) is 0 Å². The van der Waals surface area contributed by atoms with E-state index in [4.69, 9.17) is 23.3 Å². The maximum Gasteiger partial charge on any atom is 0.714 e. The van der Waals surface area contributed by atoms with Crippen molar-refractivity contribution in [3.05, 3.63) is 89.7 Å². The Morgan fingerprint density at radius 3 is 1.69 bits per heavy atom. The normalized spacial score (nSPS) is 23.3. The van der Waals surface area contributed by atoms with E-state index in [1.54, 1.807) is 0 Å². The Labute approximate surface area is 217 Å². The Bertz CT molecular complexity index is 1060. The van der Waals surface area contributed by atoms with Crippen LogP contribution in [0.5, 0.6) is 0 Å². The lowest BCUT2D eigenvalue weighted by molar-refractivity contribution is 0.00578. The molecule has 7 heteroatoms. The molecule has 0 saturated carbocycles. The Kier molecular flexibility index (Phi) is 7.33. The summed E-state index contributed by atoms with van der Waals surface area (Å²) in [6.45, 7) is 16.3. The SMILES string of the molecule is CC1(C)OB(OC(=C\C(B2OC(C)(C)C(C)(C)O2)c2ccccc2)/C=C/c2ccccc2)OC1(C)C. The highest BCUT2D eigenvalue weighted by Crippen LogP contribution is 2.42. The van der Waals surface area contributed by atoms with Crippen molar-refractivity contribution in [3.8, 4) is 0 Å². The molecular formula is C29H38B2O5. The van der Waals surface area contributed by atoms with Gasteiger partial charge < -0.3 is 23.3 Å². The molecule has 2 aliphatic rings. The van der Waals surface area contributed by atoms with Gasteiger partial charge >= 0.3 is 14.4 Å². The smallest absolute Gasteiger partial charge is 0.512 e. The zero-order chi connectivity index (χ0) is 26.2. The van der Waals surface area contributed by atoms with E-state index in [0.717, 1.165) is 11.1 Å². The summed E-state index contributed by atoms with van der Waals surface area (Å²) in [5, 5.41) is 0.